The summed E-state index contributed by atoms with van der Waals surface area (Å²) in [4.78, 5) is 24.5. The molecule has 0 aromatic carbocycles. The van der Waals surface area contributed by atoms with E-state index in [1.54, 1.807) is 0 Å². The van der Waals surface area contributed by atoms with Crippen LogP contribution in [0.5, 0.6) is 0 Å². The fourth-order valence-corrected chi connectivity index (χ4v) is 4.83. The number of nitrogens with zero attached hydrogens (tertiary/aromatic N) is 1. The summed E-state index contributed by atoms with van der Waals surface area (Å²) in [5.41, 5.74) is 0.513. The van der Waals surface area contributed by atoms with Crippen LogP contribution in [0.3, 0.4) is 0 Å². The quantitative estimate of drug-likeness (QED) is 0.530. The number of ether oxygens (including phenoxy) is 1. The van der Waals surface area contributed by atoms with E-state index < -0.39 is 0 Å². The van der Waals surface area contributed by atoms with Crippen LogP contribution in [0.2, 0.25) is 0 Å². The van der Waals surface area contributed by atoms with Gasteiger partial charge in [0.2, 0.25) is 5.91 Å². The molecule has 2 aliphatic carbocycles. The number of nitrogens with one attached hydrogen (secondary N) is 1. The number of quaternary nitrogens is 1. The summed E-state index contributed by atoms with van der Waals surface area (Å²) in [5, 5.41) is 3.31. The molecule has 2 aliphatic rings. The number of likely N-dealkylation sites (N-methyl/N-ethyl adjacent to an activating group) is 1. The second kappa shape index (κ2) is 7.49. The molecule has 3 atom stereocenters. The van der Waals surface area contributed by atoms with E-state index in [9.17, 15) is 9.59 Å². The third-order valence-electron chi connectivity index (χ3n) is 7.21. The van der Waals surface area contributed by atoms with Crippen molar-refractivity contribution in [3.05, 3.63) is 0 Å². The number of esters is 1. The van der Waals surface area contributed by atoms with Gasteiger partial charge in [0.15, 0.2) is 6.54 Å². The van der Waals surface area contributed by atoms with Gasteiger partial charge in [-0.3, -0.25) is 4.79 Å². The molecule has 0 radical (unpaired) electrons. The lowest BCUT2D eigenvalue weighted by molar-refractivity contribution is -0.882. The molecule has 0 aliphatic heterocycles. The highest BCUT2D eigenvalue weighted by molar-refractivity contribution is 5.76. The lowest BCUT2D eigenvalue weighted by atomic mass is 9.69. The van der Waals surface area contributed by atoms with Crippen LogP contribution in [0, 0.1) is 22.7 Å². The maximum Gasteiger partial charge on any atom is 0.361 e. The summed E-state index contributed by atoms with van der Waals surface area (Å²) in [7, 11) is 3.96. The van der Waals surface area contributed by atoms with E-state index in [2.05, 4.69) is 26.1 Å². The van der Waals surface area contributed by atoms with E-state index in [-0.39, 0.29) is 23.3 Å². The van der Waals surface area contributed by atoms with Crippen LogP contribution >= 0.6 is 0 Å². The average Bonchev–Trinajstić information content (AvgIpc) is 2.84. The summed E-state index contributed by atoms with van der Waals surface area (Å²) in [6.07, 6.45) is 4.05. The Labute approximate surface area is 159 Å². The molecule has 1 N–H and O–H groups in total. The molecule has 150 valence electrons. The molecule has 0 aromatic heterocycles. The highest BCUT2D eigenvalue weighted by atomic mass is 16.5. The third-order valence-corrected chi connectivity index (χ3v) is 7.21. The van der Waals surface area contributed by atoms with Crippen LogP contribution in [0.15, 0.2) is 0 Å². The summed E-state index contributed by atoms with van der Waals surface area (Å²) in [6, 6.07) is 0.287. The molecule has 1 amide bonds. The topological polar surface area (TPSA) is 55.4 Å². The predicted octanol–water partition coefficient (Wildman–Crippen LogP) is 2.98. The van der Waals surface area contributed by atoms with Crippen molar-refractivity contribution in [2.24, 2.45) is 22.7 Å². The van der Waals surface area contributed by atoms with Crippen molar-refractivity contribution in [1.29, 1.82) is 0 Å². The second-order valence-electron chi connectivity index (χ2n) is 10.4. The Balaban J connectivity index is 1.79. The van der Waals surface area contributed by atoms with Crippen molar-refractivity contribution in [1.82, 2.24) is 5.32 Å². The third kappa shape index (κ3) is 4.41. The number of hydrogen-bond acceptors (Lipinski definition) is 3. The van der Waals surface area contributed by atoms with Crippen LogP contribution in [0.4, 0.5) is 0 Å². The molecule has 3 unspecified atom stereocenters. The number of carbonyl (C=O) groups is 2. The Bertz CT molecular complexity index is 541. The number of fused-ring (bicyclic) bond motifs is 2. The first kappa shape index (κ1) is 21.2. The Hall–Kier alpha value is -1.10. The van der Waals surface area contributed by atoms with E-state index in [0.29, 0.717) is 41.9 Å². The molecular weight excluding hydrogens is 328 g/mol. The minimum atomic E-state index is -0.188. The van der Waals surface area contributed by atoms with Crippen molar-refractivity contribution in [3.8, 4) is 0 Å². The SMILES string of the molecule is CC(C)COC(=O)C[N+](C)(C)CCC(=O)NC1CC2CCC1(C)C2(C)C. The largest absolute Gasteiger partial charge is 0.461 e. The summed E-state index contributed by atoms with van der Waals surface area (Å²) in [5.74, 6) is 0.987. The molecule has 5 nitrogen and oxygen atoms in total. The van der Waals surface area contributed by atoms with Gasteiger partial charge in [-0.05, 0) is 41.9 Å². The van der Waals surface area contributed by atoms with Crippen LogP contribution < -0.4 is 5.32 Å². The standard InChI is InChI=1S/C21H38N2O3/c1-15(2)14-26-19(25)13-23(6,7)11-9-18(24)22-17-12-16-8-10-21(17,5)20(16,3)4/h15-17H,8-14H2,1-7H3/p+1. The maximum absolute atomic E-state index is 12.5. The summed E-state index contributed by atoms with van der Waals surface area (Å²) < 4.78 is 5.74. The molecule has 5 heteroatoms. The van der Waals surface area contributed by atoms with Gasteiger partial charge in [0.05, 0.1) is 33.7 Å². The molecule has 2 rings (SSSR count). The van der Waals surface area contributed by atoms with Crippen LogP contribution in [0.1, 0.15) is 60.3 Å². The van der Waals surface area contributed by atoms with Crippen molar-refractivity contribution >= 4 is 11.9 Å². The van der Waals surface area contributed by atoms with Crippen molar-refractivity contribution in [3.63, 3.8) is 0 Å². The van der Waals surface area contributed by atoms with Gasteiger partial charge in [-0.15, -0.1) is 0 Å². The normalized spacial score (nSPS) is 29.8. The van der Waals surface area contributed by atoms with E-state index in [1.807, 2.05) is 27.9 Å². The zero-order valence-electron chi connectivity index (χ0n) is 17.9. The number of hydrogen-bond donors (Lipinski definition) is 1. The van der Waals surface area contributed by atoms with Crippen LogP contribution in [-0.2, 0) is 14.3 Å². The zero-order valence-corrected chi connectivity index (χ0v) is 17.9. The summed E-state index contributed by atoms with van der Waals surface area (Å²) in [6.45, 7) is 12.5. The minimum Gasteiger partial charge on any atom is -0.461 e. The van der Waals surface area contributed by atoms with Gasteiger partial charge in [-0.1, -0.05) is 34.6 Å². The molecule has 2 saturated carbocycles. The predicted molar refractivity (Wildman–Crippen MR) is 103 cm³/mol. The Morgan fingerprint density at radius 3 is 2.38 bits per heavy atom. The Morgan fingerprint density at radius 2 is 1.88 bits per heavy atom. The van der Waals surface area contributed by atoms with Gasteiger partial charge >= 0.3 is 5.97 Å². The van der Waals surface area contributed by atoms with E-state index in [1.165, 1.54) is 12.8 Å². The molecular formula is C21H39N2O3+. The van der Waals surface area contributed by atoms with Gasteiger partial charge in [0.1, 0.15) is 0 Å². The first-order valence-electron chi connectivity index (χ1n) is 10.1. The molecule has 0 saturated heterocycles. The molecule has 0 aromatic rings. The van der Waals surface area contributed by atoms with Gasteiger partial charge in [-0.2, -0.15) is 0 Å². The van der Waals surface area contributed by atoms with Crippen LogP contribution in [0.25, 0.3) is 0 Å². The van der Waals surface area contributed by atoms with Crippen LogP contribution in [-0.4, -0.2) is 56.2 Å². The number of rotatable bonds is 8. The van der Waals surface area contributed by atoms with Gasteiger partial charge in [0.25, 0.3) is 0 Å². The summed E-state index contributed by atoms with van der Waals surface area (Å²) >= 11 is 0. The van der Waals surface area contributed by atoms with Gasteiger partial charge < -0.3 is 14.5 Å². The number of amides is 1. The highest BCUT2D eigenvalue weighted by Gasteiger charge is 2.61. The lowest BCUT2D eigenvalue weighted by Crippen LogP contribution is -2.49. The minimum absolute atomic E-state index is 0.112. The molecule has 0 heterocycles. The molecule has 2 bridgehead atoms. The first-order chi connectivity index (χ1) is 11.9. The lowest BCUT2D eigenvalue weighted by Gasteiger charge is -2.39. The number of carbonyl (C=O) groups excluding carboxylic acids is 2. The van der Waals surface area contributed by atoms with Gasteiger partial charge in [0, 0.05) is 6.04 Å². The average molecular weight is 368 g/mol. The fourth-order valence-electron chi connectivity index (χ4n) is 4.83. The molecule has 0 spiro atoms. The van der Waals surface area contributed by atoms with Crippen molar-refractivity contribution < 1.29 is 18.8 Å². The smallest absolute Gasteiger partial charge is 0.361 e. The highest BCUT2D eigenvalue weighted by Crippen LogP contribution is 2.65. The van der Waals surface area contributed by atoms with E-state index in [0.717, 1.165) is 12.3 Å². The van der Waals surface area contributed by atoms with Crippen molar-refractivity contribution in [2.75, 3.05) is 33.8 Å². The zero-order chi connectivity index (χ0) is 19.8. The van der Waals surface area contributed by atoms with Gasteiger partial charge in [-0.25, -0.2) is 4.79 Å². The first-order valence-corrected chi connectivity index (χ1v) is 10.1. The Morgan fingerprint density at radius 1 is 1.23 bits per heavy atom. The van der Waals surface area contributed by atoms with E-state index in [4.69, 9.17) is 4.74 Å². The van der Waals surface area contributed by atoms with Crippen molar-refractivity contribution in [2.45, 2.75) is 66.3 Å². The molecule has 26 heavy (non-hydrogen) atoms. The monoisotopic (exact) mass is 367 g/mol. The second-order valence-corrected chi connectivity index (χ2v) is 10.4. The molecule has 2 fully saturated rings. The maximum atomic E-state index is 12.5. The van der Waals surface area contributed by atoms with E-state index >= 15 is 0 Å². The Kier molecular flexibility index (Phi) is 6.11. The fraction of sp³-hybridized carbons (Fsp3) is 0.905.